The highest BCUT2D eigenvalue weighted by atomic mass is 16.5. The van der Waals surface area contributed by atoms with E-state index < -0.39 is 51.6 Å². The van der Waals surface area contributed by atoms with Gasteiger partial charge in [-0.3, -0.25) is 9.59 Å². The molecule has 1 aromatic rings. The van der Waals surface area contributed by atoms with Crippen molar-refractivity contribution in [3.05, 3.63) is 32.7 Å². The van der Waals surface area contributed by atoms with Crippen molar-refractivity contribution in [3.8, 4) is 0 Å². The average Bonchev–Trinajstić information content (AvgIpc) is 2.56. The minimum Gasteiger partial charge on any atom is -0.462 e. The Hall–Kier alpha value is -2.97. The van der Waals surface area contributed by atoms with Crippen molar-refractivity contribution in [2.75, 3.05) is 19.8 Å². The Balaban J connectivity index is 4.06. The molecule has 0 aliphatic carbocycles. The van der Waals surface area contributed by atoms with Crippen LogP contribution in [-0.4, -0.2) is 48.1 Å². The number of hydrogen-bond donors (Lipinski definition) is 0. The van der Waals surface area contributed by atoms with E-state index >= 15 is 0 Å². The van der Waals surface area contributed by atoms with Gasteiger partial charge in [-0.25, -0.2) is 14.4 Å². The lowest BCUT2D eigenvalue weighted by atomic mass is 9.97. The van der Waals surface area contributed by atoms with E-state index in [0.717, 1.165) is 11.5 Å². The Labute approximate surface area is 149 Å². The van der Waals surface area contributed by atoms with Gasteiger partial charge in [-0.1, -0.05) is 0 Å². The topological polar surface area (TPSA) is 118 Å². The van der Waals surface area contributed by atoms with Crippen LogP contribution in [0.5, 0.6) is 0 Å². The Morgan fingerprint density at radius 1 is 0.769 bits per heavy atom. The fraction of sp³-hybridized carbons (Fsp3) is 0.471. The van der Waals surface area contributed by atoms with Crippen molar-refractivity contribution >= 4 is 23.7 Å². The van der Waals surface area contributed by atoms with Gasteiger partial charge in [0.1, 0.15) is 11.3 Å². The quantitative estimate of drug-likeness (QED) is 0.400. The first-order valence-corrected chi connectivity index (χ1v) is 8.01. The van der Waals surface area contributed by atoms with Gasteiger partial charge in [-0.05, 0) is 27.7 Å². The molecule has 26 heavy (non-hydrogen) atoms. The zero-order chi connectivity index (χ0) is 20.0. The van der Waals surface area contributed by atoms with Crippen LogP contribution in [0.4, 0.5) is 0 Å². The van der Waals surface area contributed by atoms with Gasteiger partial charge in [0, 0.05) is 7.05 Å². The molecule has 0 saturated carbocycles. The smallest absolute Gasteiger partial charge is 0.355 e. The normalized spacial score (nSPS) is 10.2. The molecule has 0 radical (unpaired) electrons. The second kappa shape index (κ2) is 8.93. The van der Waals surface area contributed by atoms with Crippen molar-refractivity contribution in [1.82, 2.24) is 4.57 Å². The molecule has 0 aliphatic rings. The molecule has 1 heterocycles. The molecule has 9 heteroatoms. The van der Waals surface area contributed by atoms with Crippen LogP contribution in [-0.2, 0) is 21.3 Å². The standard InChI is InChI=1S/C17H21NO8/c1-6-24-15(21)11-10(9(4)19)14(20)18(5)13(17(23)26-8-3)12(11)16(22)25-7-2/h6-8H2,1-5H3. The predicted octanol–water partition coefficient (Wildman–Crippen LogP) is 1.12. The summed E-state index contributed by atoms with van der Waals surface area (Å²) in [5.41, 5.74) is -3.08. The van der Waals surface area contributed by atoms with E-state index in [0.29, 0.717) is 0 Å². The highest BCUT2D eigenvalue weighted by molar-refractivity contribution is 6.15. The van der Waals surface area contributed by atoms with Crippen LogP contribution < -0.4 is 5.56 Å². The van der Waals surface area contributed by atoms with Gasteiger partial charge in [0.2, 0.25) is 0 Å². The first-order chi connectivity index (χ1) is 12.2. The molecular formula is C17H21NO8. The van der Waals surface area contributed by atoms with Gasteiger partial charge in [0.15, 0.2) is 5.78 Å². The van der Waals surface area contributed by atoms with Gasteiger partial charge >= 0.3 is 17.9 Å². The number of carbonyl (C=O) groups excluding carboxylic acids is 4. The molecule has 0 aromatic carbocycles. The summed E-state index contributed by atoms with van der Waals surface area (Å²) < 4.78 is 15.5. The van der Waals surface area contributed by atoms with Gasteiger partial charge in [0.25, 0.3) is 5.56 Å². The van der Waals surface area contributed by atoms with E-state index in [1.54, 1.807) is 0 Å². The largest absolute Gasteiger partial charge is 0.462 e. The molecule has 0 amide bonds. The zero-order valence-corrected chi connectivity index (χ0v) is 15.3. The molecule has 0 fully saturated rings. The number of pyridine rings is 1. The van der Waals surface area contributed by atoms with E-state index in [-0.39, 0.29) is 19.8 Å². The highest BCUT2D eigenvalue weighted by Gasteiger charge is 2.35. The molecule has 9 nitrogen and oxygen atoms in total. The van der Waals surface area contributed by atoms with Crippen molar-refractivity contribution in [2.24, 2.45) is 7.05 Å². The maximum atomic E-state index is 12.6. The van der Waals surface area contributed by atoms with E-state index in [9.17, 15) is 24.0 Å². The fourth-order valence-corrected chi connectivity index (χ4v) is 2.36. The Kier molecular flexibility index (Phi) is 7.24. The molecule has 0 unspecified atom stereocenters. The lowest BCUT2D eigenvalue weighted by Gasteiger charge is -2.17. The van der Waals surface area contributed by atoms with Gasteiger partial charge < -0.3 is 18.8 Å². The van der Waals surface area contributed by atoms with Gasteiger partial charge in [-0.15, -0.1) is 0 Å². The van der Waals surface area contributed by atoms with Crippen LogP contribution in [0.1, 0.15) is 69.3 Å². The summed E-state index contributed by atoms with van der Waals surface area (Å²) in [6.07, 6.45) is 0. The molecule has 1 aromatic heterocycles. The number of Topliss-reactive ketones (excluding diaryl/α,β-unsaturated/α-hetero) is 1. The molecule has 142 valence electrons. The average molecular weight is 367 g/mol. The zero-order valence-electron chi connectivity index (χ0n) is 15.3. The lowest BCUT2D eigenvalue weighted by molar-refractivity contribution is 0.0449. The number of ketones is 1. The van der Waals surface area contributed by atoms with Crippen molar-refractivity contribution in [1.29, 1.82) is 0 Å². The maximum absolute atomic E-state index is 12.6. The van der Waals surface area contributed by atoms with E-state index in [1.807, 2.05) is 0 Å². The lowest BCUT2D eigenvalue weighted by Crippen LogP contribution is -2.36. The highest BCUT2D eigenvalue weighted by Crippen LogP contribution is 2.21. The third-order valence-electron chi connectivity index (χ3n) is 3.37. The second-order valence-corrected chi connectivity index (χ2v) is 5.06. The first-order valence-electron chi connectivity index (χ1n) is 8.01. The van der Waals surface area contributed by atoms with E-state index in [2.05, 4.69) is 0 Å². The first kappa shape index (κ1) is 21.1. The monoisotopic (exact) mass is 367 g/mol. The number of ether oxygens (including phenoxy) is 3. The summed E-state index contributed by atoms with van der Waals surface area (Å²) in [5, 5.41) is 0. The number of rotatable bonds is 7. The third kappa shape index (κ3) is 3.98. The summed E-state index contributed by atoms with van der Waals surface area (Å²) in [4.78, 5) is 61.8. The Morgan fingerprint density at radius 2 is 1.19 bits per heavy atom. The molecule has 1 rings (SSSR count). The summed E-state index contributed by atoms with van der Waals surface area (Å²) >= 11 is 0. The van der Waals surface area contributed by atoms with Crippen molar-refractivity contribution in [3.63, 3.8) is 0 Å². The number of nitrogens with zero attached hydrogens (tertiary/aromatic N) is 1. The van der Waals surface area contributed by atoms with Crippen LogP contribution in [0.15, 0.2) is 4.79 Å². The van der Waals surface area contributed by atoms with Gasteiger partial charge in [0.05, 0.1) is 30.9 Å². The van der Waals surface area contributed by atoms with Crippen LogP contribution in [0.25, 0.3) is 0 Å². The summed E-state index contributed by atoms with van der Waals surface area (Å²) in [6, 6.07) is 0. The van der Waals surface area contributed by atoms with E-state index in [1.165, 1.54) is 27.8 Å². The van der Waals surface area contributed by atoms with Crippen molar-refractivity contribution in [2.45, 2.75) is 27.7 Å². The summed E-state index contributed by atoms with van der Waals surface area (Å²) in [6.45, 7) is 5.50. The molecule has 0 spiro atoms. The molecule has 0 N–H and O–H groups in total. The number of carbonyl (C=O) groups is 4. The molecule has 0 bridgehead atoms. The summed E-state index contributed by atoms with van der Waals surface area (Å²) in [7, 11) is 1.19. The van der Waals surface area contributed by atoms with Crippen LogP contribution in [0.3, 0.4) is 0 Å². The third-order valence-corrected chi connectivity index (χ3v) is 3.37. The molecular weight excluding hydrogens is 346 g/mol. The molecule has 0 atom stereocenters. The van der Waals surface area contributed by atoms with Gasteiger partial charge in [-0.2, -0.15) is 0 Å². The molecule has 0 aliphatic heterocycles. The Bertz CT molecular complexity index is 806. The molecule has 0 saturated heterocycles. The fourth-order valence-electron chi connectivity index (χ4n) is 2.36. The number of aromatic nitrogens is 1. The second-order valence-electron chi connectivity index (χ2n) is 5.06. The summed E-state index contributed by atoms with van der Waals surface area (Å²) in [5.74, 6) is -3.88. The van der Waals surface area contributed by atoms with E-state index in [4.69, 9.17) is 14.2 Å². The minimum absolute atomic E-state index is 0.0293. The van der Waals surface area contributed by atoms with Crippen LogP contribution >= 0.6 is 0 Å². The van der Waals surface area contributed by atoms with Crippen LogP contribution in [0, 0.1) is 0 Å². The van der Waals surface area contributed by atoms with Crippen LogP contribution in [0.2, 0.25) is 0 Å². The predicted molar refractivity (Wildman–Crippen MR) is 89.6 cm³/mol. The Morgan fingerprint density at radius 3 is 1.62 bits per heavy atom. The number of hydrogen-bond acceptors (Lipinski definition) is 8. The SMILES string of the molecule is CCOC(=O)c1c(C(=O)OCC)c(C(=O)OCC)n(C)c(=O)c1C(C)=O. The van der Waals surface area contributed by atoms with Crippen molar-refractivity contribution < 1.29 is 33.4 Å². The minimum atomic E-state index is -1.08. The number of esters is 3. The maximum Gasteiger partial charge on any atom is 0.355 e.